The van der Waals surface area contributed by atoms with Crippen LogP contribution in [0.15, 0.2) is 12.4 Å². The molecule has 1 rings (SSSR count). The number of rotatable bonds is 2. The number of nitrogens with zero attached hydrogens (tertiary/aromatic N) is 3. The average molecular weight is 307 g/mol. The van der Waals surface area contributed by atoms with Crippen LogP contribution < -0.4 is 4.90 Å². The van der Waals surface area contributed by atoms with E-state index in [0.29, 0.717) is 0 Å². The van der Waals surface area contributed by atoms with Gasteiger partial charge >= 0.3 is 70.7 Å². The van der Waals surface area contributed by atoms with E-state index in [2.05, 4.69) is 14.5 Å². The molecule has 1 aromatic rings. The van der Waals surface area contributed by atoms with E-state index in [1.54, 1.807) is 4.68 Å². The summed E-state index contributed by atoms with van der Waals surface area (Å²) in [4.78, 5) is 2.06. The molecule has 0 aliphatic carbocycles. The predicted octanol–water partition coefficient (Wildman–Crippen LogP) is 0.163. The van der Waals surface area contributed by atoms with Crippen LogP contribution >= 0.6 is 0 Å². The van der Waals surface area contributed by atoms with Gasteiger partial charge < -0.3 is 0 Å². The molecule has 54 valence electrons. The molecular formula is C6H9N3W. The zero-order chi connectivity index (χ0) is 7.56. The second-order valence-corrected chi connectivity index (χ2v) is 2.85. The molecule has 0 aromatic carbocycles. The summed E-state index contributed by atoms with van der Waals surface area (Å²) in [7, 11) is 3.93. The van der Waals surface area contributed by atoms with Crippen LogP contribution in [0.4, 0.5) is 5.69 Å². The summed E-state index contributed by atoms with van der Waals surface area (Å²) in [5.41, 5.74) is 1.14. The van der Waals surface area contributed by atoms with Crippen molar-refractivity contribution in [1.29, 1.82) is 0 Å². The minimum absolute atomic E-state index is 1.14. The molecule has 0 bridgehead atoms. The minimum atomic E-state index is 1.14. The maximum absolute atomic E-state index is 4.05. The molecule has 0 radical (unpaired) electrons. The van der Waals surface area contributed by atoms with Crippen molar-refractivity contribution in [3.63, 3.8) is 0 Å². The van der Waals surface area contributed by atoms with Crippen LogP contribution in [-0.2, 0) is 26.4 Å². The number of anilines is 1. The van der Waals surface area contributed by atoms with Crippen LogP contribution in [0.1, 0.15) is 0 Å². The number of hydrogen-bond donors (Lipinski definition) is 0. The first-order valence-electron chi connectivity index (χ1n) is 2.91. The summed E-state index contributed by atoms with van der Waals surface area (Å²) in [6, 6.07) is 0. The zero-order valence-corrected chi connectivity index (χ0v) is 8.92. The fourth-order valence-corrected chi connectivity index (χ4v) is 1.09. The molecule has 0 fully saturated rings. The fraction of sp³-hybridized carbons (Fsp3) is 0.333. The van der Waals surface area contributed by atoms with Gasteiger partial charge in [-0.3, -0.25) is 0 Å². The first kappa shape index (κ1) is 7.67. The van der Waals surface area contributed by atoms with Crippen molar-refractivity contribution < 1.29 is 19.4 Å². The van der Waals surface area contributed by atoms with E-state index in [0.717, 1.165) is 5.69 Å². The van der Waals surface area contributed by atoms with Crippen LogP contribution in [0.2, 0.25) is 0 Å². The van der Waals surface area contributed by atoms with Gasteiger partial charge in [-0.25, -0.2) is 0 Å². The standard InChI is InChI=1S/C6H9N3.W/c1-8(2)6-4-7-9(3)5-6;/h1,4-5H,2-3H3;. The molecule has 0 saturated heterocycles. The number of aryl methyl sites for hydroxylation is 1. The van der Waals surface area contributed by atoms with Crippen LogP contribution in [0.25, 0.3) is 0 Å². The van der Waals surface area contributed by atoms with E-state index < -0.39 is 0 Å². The first-order chi connectivity index (χ1) is 4.74. The topological polar surface area (TPSA) is 21.1 Å². The van der Waals surface area contributed by atoms with Gasteiger partial charge in [0.1, 0.15) is 0 Å². The fourth-order valence-electron chi connectivity index (χ4n) is 0.651. The summed E-state index contributed by atoms with van der Waals surface area (Å²) >= 11 is 1.45. The Balaban J connectivity index is 2.84. The van der Waals surface area contributed by atoms with E-state index in [9.17, 15) is 0 Å². The Kier molecular flexibility index (Phi) is 2.38. The molecule has 3 nitrogen and oxygen atoms in total. The van der Waals surface area contributed by atoms with Gasteiger partial charge in [0.2, 0.25) is 0 Å². The Hall–Kier alpha value is -0.432. The van der Waals surface area contributed by atoms with Gasteiger partial charge in [0.25, 0.3) is 0 Å². The monoisotopic (exact) mass is 307 g/mol. The van der Waals surface area contributed by atoms with E-state index in [-0.39, 0.29) is 0 Å². The summed E-state index contributed by atoms with van der Waals surface area (Å²) in [6.45, 7) is 0. The zero-order valence-electron chi connectivity index (χ0n) is 5.98. The molecule has 0 spiro atoms. The van der Waals surface area contributed by atoms with Gasteiger partial charge in [-0.05, 0) is 0 Å². The van der Waals surface area contributed by atoms with Gasteiger partial charge in [0.15, 0.2) is 0 Å². The molecule has 0 saturated carbocycles. The van der Waals surface area contributed by atoms with Crippen molar-refractivity contribution in [1.82, 2.24) is 9.78 Å². The molecule has 1 aromatic heterocycles. The third-order valence-corrected chi connectivity index (χ3v) is 2.39. The van der Waals surface area contributed by atoms with Crippen molar-refractivity contribution >= 4 is 10.2 Å². The molecule has 0 atom stereocenters. The Morgan fingerprint density at radius 1 is 1.80 bits per heavy atom. The molecule has 1 heterocycles. The van der Waals surface area contributed by atoms with E-state index >= 15 is 0 Å². The van der Waals surface area contributed by atoms with Crippen molar-refractivity contribution in [3.05, 3.63) is 12.4 Å². The SMILES string of the molecule is CN([CH]=[W])c1cnn(C)c1. The van der Waals surface area contributed by atoms with Gasteiger partial charge in [0.05, 0.1) is 0 Å². The van der Waals surface area contributed by atoms with Crippen LogP contribution in [-0.4, -0.2) is 21.4 Å². The Morgan fingerprint density at radius 3 is 2.90 bits per heavy atom. The average Bonchev–Trinajstić information content (AvgIpc) is 2.34. The maximum atomic E-state index is 4.05. The molecule has 4 heteroatoms. The summed E-state index contributed by atoms with van der Waals surface area (Å²) in [5, 5.41) is 4.05. The Morgan fingerprint density at radius 2 is 2.50 bits per heavy atom. The van der Waals surface area contributed by atoms with Crippen molar-refractivity contribution in [2.75, 3.05) is 11.9 Å². The third kappa shape index (κ3) is 1.54. The van der Waals surface area contributed by atoms with Crippen LogP contribution in [0.5, 0.6) is 0 Å². The first-order valence-corrected chi connectivity index (χ1v) is 4.60. The summed E-state index contributed by atoms with van der Waals surface area (Å²) in [5.74, 6) is 0. The summed E-state index contributed by atoms with van der Waals surface area (Å²) < 4.78 is 3.88. The summed E-state index contributed by atoms with van der Waals surface area (Å²) in [6.07, 6.45) is 3.83. The van der Waals surface area contributed by atoms with Crippen LogP contribution in [0.3, 0.4) is 0 Å². The Bertz CT molecular complexity index is 231. The van der Waals surface area contributed by atoms with Gasteiger partial charge in [-0.2, -0.15) is 0 Å². The van der Waals surface area contributed by atoms with Gasteiger partial charge in [0, 0.05) is 0 Å². The quantitative estimate of drug-likeness (QED) is 0.776. The number of hydrogen-bond acceptors (Lipinski definition) is 2. The van der Waals surface area contributed by atoms with Crippen molar-refractivity contribution in [3.8, 4) is 0 Å². The van der Waals surface area contributed by atoms with E-state index in [4.69, 9.17) is 0 Å². The second kappa shape index (κ2) is 3.11. The molecule has 10 heavy (non-hydrogen) atoms. The Labute approximate surface area is 71.0 Å². The molecule has 0 aliphatic rings. The van der Waals surface area contributed by atoms with Gasteiger partial charge in [-0.1, -0.05) is 0 Å². The molecule has 0 aliphatic heterocycles. The van der Waals surface area contributed by atoms with Crippen LogP contribution in [0, 0.1) is 0 Å². The third-order valence-electron chi connectivity index (χ3n) is 1.26. The normalized spacial score (nSPS) is 9.40. The van der Waals surface area contributed by atoms with Gasteiger partial charge in [-0.15, -0.1) is 0 Å². The number of aromatic nitrogens is 2. The van der Waals surface area contributed by atoms with E-state index in [1.165, 1.54) is 19.4 Å². The second-order valence-electron chi connectivity index (χ2n) is 2.09. The molecule has 0 N–H and O–H groups in total. The van der Waals surface area contributed by atoms with Crippen molar-refractivity contribution in [2.45, 2.75) is 0 Å². The predicted molar refractivity (Wildman–Crippen MR) is 37.7 cm³/mol. The van der Waals surface area contributed by atoms with E-state index in [1.807, 2.05) is 26.5 Å². The molecule has 0 unspecified atom stereocenters. The molecule has 0 amide bonds. The van der Waals surface area contributed by atoms with Crippen molar-refractivity contribution in [2.24, 2.45) is 7.05 Å². The molecular weight excluding hydrogens is 298 g/mol.